The Morgan fingerprint density at radius 2 is 1.80 bits per heavy atom. The normalized spacial score (nSPS) is 43.3. The van der Waals surface area contributed by atoms with E-state index in [2.05, 4.69) is 24.4 Å². The lowest BCUT2D eigenvalue weighted by Gasteiger charge is -2.63. The molecule has 20 heavy (non-hydrogen) atoms. The van der Waals surface area contributed by atoms with Crippen molar-refractivity contribution in [2.45, 2.75) is 56.9 Å². The van der Waals surface area contributed by atoms with Crippen LogP contribution in [0.4, 0.5) is 0 Å². The molecule has 0 spiro atoms. The van der Waals surface area contributed by atoms with Crippen LogP contribution in [-0.2, 0) is 5.41 Å². The second-order valence-electron chi connectivity index (χ2n) is 7.23. The number of rotatable bonds is 3. The van der Waals surface area contributed by atoms with Crippen molar-refractivity contribution in [1.82, 2.24) is 0 Å². The quantitative estimate of drug-likeness (QED) is 0.867. The predicted molar refractivity (Wildman–Crippen MR) is 88.6 cm³/mol. The highest BCUT2D eigenvalue weighted by molar-refractivity contribution is 7.10. The summed E-state index contributed by atoms with van der Waals surface area (Å²) in [5, 5.41) is 2.25. The number of hydrogen-bond acceptors (Lipinski definition) is 2. The molecule has 1 unspecified atom stereocenters. The highest BCUT2D eigenvalue weighted by Gasteiger charge is 2.60. The SMILES string of the molecule is CCC(N)C1(c2cccs2)C2CC3CC(C2)CC1C3.Cl. The average Bonchev–Trinajstić information content (AvgIpc) is 2.92. The van der Waals surface area contributed by atoms with Crippen LogP contribution in [0.5, 0.6) is 0 Å². The minimum absolute atomic E-state index is 0. The number of thiophene rings is 1. The number of hydrogen-bond donors (Lipinski definition) is 1. The van der Waals surface area contributed by atoms with Crippen LogP contribution in [0.15, 0.2) is 17.5 Å². The van der Waals surface area contributed by atoms with Gasteiger partial charge in [-0.2, -0.15) is 0 Å². The summed E-state index contributed by atoms with van der Waals surface area (Å²) in [6.07, 6.45) is 8.48. The largest absolute Gasteiger partial charge is 0.327 e. The van der Waals surface area contributed by atoms with Gasteiger partial charge in [0, 0.05) is 16.3 Å². The third-order valence-corrected chi connectivity index (χ3v) is 7.53. The summed E-state index contributed by atoms with van der Waals surface area (Å²) in [6.45, 7) is 2.28. The Morgan fingerprint density at radius 1 is 1.20 bits per heavy atom. The molecule has 4 aliphatic rings. The van der Waals surface area contributed by atoms with Gasteiger partial charge in [0.1, 0.15) is 0 Å². The Labute approximate surface area is 132 Å². The average molecular weight is 312 g/mol. The van der Waals surface area contributed by atoms with Crippen LogP contribution in [-0.4, -0.2) is 6.04 Å². The van der Waals surface area contributed by atoms with Crippen molar-refractivity contribution in [3.8, 4) is 0 Å². The van der Waals surface area contributed by atoms with E-state index >= 15 is 0 Å². The van der Waals surface area contributed by atoms with Crippen LogP contribution in [0.1, 0.15) is 50.3 Å². The zero-order valence-corrected chi connectivity index (χ0v) is 13.9. The molecule has 0 radical (unpaired) electrons. The first-order valence-corrected chi connectivity index (χ1v) is 8.92. The van der Waals surface area contributed by atoms with Gasteiger partial charge in [0.25, 0.3) is 0 Å². The molecule has 0 saturated heterocycles. The van der Waals surface area contributed by atoms with Gasteiger partial charge in [-0.15, -0.1) is 23.7 Å². The Balaban J connectivity index is 0.00000121. The second kappa shape index (κ2) is 5.30. The fourth-order valence-corrected chi connectivity index (χ4v) is 7.17. The van der Waals surface area contributed by atoms with E-state index in [1.54, 1.807) is 4.88 Å². The molecular formula is C17H26ClNS. The smallest absolute Gasteiger partial charge is 0.0255 e. The van der Waals surface area contributed by atoms with Gasteiger partial charge in [0.05, 0.1) is 0 Å². The van der Waals surface area contributed by atoms with Gasteiger partial charge in [-0.3, -0.25) is 0 Å². The molecule has 0 aromatic carbocycles. The van der Waals surface area contributed by atoms with Gasteiger partial charge in [-0.1, -0.05) is 13.0 Å². The van der Waals surface area contributed by atoms with Crippen molar-refractivity contribution in [3.63, 3.8) is 0 Å². The molecule has 1 aromatic rings. The minimum atomic E-state index is 0. The van der Waals surface area contributed by atoms with E-state index in [-0.39, 0.29) is 12.4 Å². The van der Waals surface area contributed by atoms with Gasteiger partial charge in [0.2, 0.25) is 0 Å². The summed E-state index contributed by atoms with van der Waals surface area (Å²) in [6, 6.07) is 4.97. The van der Waals surface area contributed by atoms with Gasteiger partial charge in [-0.05, 0) is 73.6 Å². The zero-order valence-electron chi connectivity index (χ0n) is 12.3. The molecular weight excluding hydrogens is 286 g/mol. The van der Waals surface area contributed by atoms with Crippen LogP contribution in [0, 0.1) is 23.7 Å². The van der Waals surface area contributed by atoms with E-state index in [4.69, 9.17) is 5.73 Å². The molecule has 5 rings (SSSR count). The van der Waals surface area contributed by atoms with Crippen molar-refractivity contribution in [1.29, 1.82) is 0 Å². The highest BCUT2D eigenvalue weighted by atomic mass is 35.5. The topological polar surface area (TPSA) is 26.0 Å². The Kier molecular flexibility index (Phi) is 3.94. The third-order valence-electron chi connectivity index (χ3n) is 6.49. The fourth-order valence-electron chi connectivity index (χ4n) is 6.02. The van der Waals surface area contributed by atoms with E-state index in [1.807, 2.05) is 11.3 Å². The first kappa shape index (κ1) is 14.9. The van der Waals surface area contributed by atoms with Crippen LogP contribution < -0.4 is 5.73 Å². The molecule has 4 fully saturated rings. The maximum Gasteiger partial charge on any atom is 0.0255 e. The first-order chi connectivity index (χ1) is 9.25. The Morgan fingerprint density at radius 3 is 2.25 bits per heavy atom. The molecule has 0 aliphatic heterocycles. The fraction of sp³-hybridized carbons (Fsp3) is 0.765. The molecule has 0 amide bonds. The lowest BCUT2D eigenvalue weighted by Crippen LogP contribution is -2.62. The number of halogens is 1. The predicted octanol–water partition coefficient (Wildman–Crippen LogP) is 4.60. The van der Waals surface area contributed by atoms with Gasteiger partial charge >= 0.3 is 0 Å². The maximum absolute atomic E-state index is 6.73. The van der Waals surface area contributed by atoms with Crippen molar-refractivity contribution in [3.05, 3.63) is 22.4 Å². The van der Waals surface area contributed by atoms with E-state index in [0.717, 1.165) is 30.1 Å². The molecule has 4 aliphatic carbocycles. The van der Waals surface area contributed by atoms with Gasteiger partial charge in [0.15, 0.2) is 0 Å². The molecule has 4 saturated carbocycles. The zero-order chi connectivity index (χ0) is 13.0. The van der Waals surface area contributed by atoms with Gasteiger partial charge < -0.3 is 5.73 Å². The summed E-state index contributed by atoms with van der Waals surface area (Å²) >= 11 is 1.96. The summed E-state index contributed by atoms with van der Waals surface area (Å²) < 4.78 is 0. The summed E-state index contributed by atoms with van der Waals surface area (Å²) in [4.78, 5) is 1.61. The third kappa shape index (κ3) is 1.84. The number of nitrogens with two attached hydrogens (primary N) is 1. The Hall–Kier alpha value is -0.0500. The Bertz CT molecular complexity index is 428. The monoisotopic (exact) mass is 311 g/mol. The van der Waals surface area contributed by atoms with Crippen LogP contribution in [0.2, 0.25) is 0 Å². The molecule has 112 valence electrons. The summed E-state index contributed by atoms with van der Waals surface area (Å²) in [5.74, 6) is 3.80. The van der Waals surface area contributed by atoms with Crippen LogP contribution >= 0.6 is 23.7 Å². The molecule has 1 heterocycles. The van der Waals surface area contributed by atoms with Crippen LogP contribution in [0.25, 0.3) is 0 Å². The summed E-state index contributed by atoms with van der Waals surface area (Å²) in [5.41, 5.74) is 7.06. The molecule has 2 N–H and O–H groups in total. The molecule has 4 bridgehead atoms. The summed E-state index contributed by atoms with van der Waals surface area (Å²) in [7, 11) is 0. The molecule has 1 nitrogen and oxygen atoms in total. The van der Waals surface area contributed by atoms with Crippen molar-refractivity contribution >= 4 is 23.7 Å². The standard InChI is InChI=1S/C17H25NS.ClH/c1-2-15(18)17(16-4-3-5-19-16)13-7-11-6-12(9-13)10-14(17)8-11;/h3-5,11-15H,2,6-10,18H2,1H3;1H. The lowest BCUT2D eigenvalue weighted by molar-refractivity contribution is -0.0714. The van der Waals surface area contributed by atoms with Crippen molar-refractivity contribution in [2.75, 3.05) is 0 Å². The minimum Gasteiger partial charge on any atom is -0.327 e. The van der Waals surface area contributed by atoms with Crippen molar-refractivity contribution in [2.24, 2.45) is 29.4 Å². The van der Waals surface area contributed by atoms with E-state index < -0.39 is 0 Å². The molecule has 1 atom stereocenters. The first-order valence-electron chi connectivity index (χ1n) is 8.04. The van der Waals surface area contributed by atoms with E-state index in [1.165, 1.54) is 32.1 Å². The van der Waals surface area contributed by atoms with Crippen LogP contribution in [0.3, 0.4) is 0 Å². The molecule has 1 aromatic heterocycles. The molecule has 3 heteroatoms. The van der Waals surface area contributed by atoms with Crippen molar-refractivity contribution < 1.29 is 0 Å². The van der Waals surface area contributed by atoms with E-state index in [0.29, 0.717) is 11.5 Å². The van der Waals surface area contributed by atoms with E-state index in [9.17, 15) is 0 Å². The second-order valence-corrected chi connectivity index (χ2v) is 8.18. The maximum atomic E-state index is 6.73. The van der Waals surface area contributed by atoms with Gasteiger partial charge in [-0.25, -0.2) is 0 Å². The lowest BCUT2D eigenvalue weighted by atomic mass is 9.43. The highest BCUT2D eigenvalue weighted by Crippen LogP contribution is 2.64.